The number of rotatable bonds is 1. The fourth-order valence-electron chi connectivity index (χ4n) is 1.28. The van der Waals surface area contributed by atoms with Crippen LogP contribution in [0.4, 0.5) is 4.79 Å². The molecule has 2 N–H and O–H groups in total. The molecule has 1 unspecified atom stereocenters. The van der Waals surface area contributed by atoms with Crippen molar-refractivity contribution in [1.82, 2.24) is 20.6 Å². The topological polar surface area (TPSA) is 84.0 Å². The van der Waals surface area contributed by atoms with E-state index in [2.05, 4.69) is 20.6 Å². The molecule has 2 heterocycles. The first-order valence-corrected chi connectivity index (χ1v) is 4.03. The second-order valence-corrected chi connectivity index (χ2v) is 3.12. The summed E-state index contributed by atoms with van der Waals surface area (Å²) < 4.78 is 0. The summed E-state index contributed by atoms with van der Waals surface area (Å²) in [4.78, 5) is 30.2. The van der Waals surface area contributed by atoms with Crippen LogP contribution in [0.2, 0.25) is 0 Å². The van der Waals surface area contributed by atoms with Gasteiger partial charge >= 0.3 is 6.03 Å². The van der Waals surface area contributed by atoms with Crippen molar-refractivity contribution in [2.24, 2.45) is 0 Å². The Morgan fingerprint density at radius 3 is 2.64 bits per heavy atom. The van der Waals surface area contributed by atoms with Gasteiger partial charge in [0.15, 0.2) is 5.54 Å². The summed E-state index contributed by atoms with van der Waals surface area (Å²) in [5.74, 6) is -0.414. The van der Waals surface area contributed by atoms with Crippen molar-refractivity contribution in [1.29, 1.82) is 0 Å². The maximum Gasteiger partial charge on any atom is 0.322 e. The zero-order chi connectivity index (χ0) is 10.2. The number of amides is 3. The van der Waals surface area contributed by atoms with Crippen LogP contribution in [-0.4, -0.2) is 21.9 Å². The minimum absolute atomic E-state index is 0.414. The van der Waals surface area contributed by atoms with E-state index in [0.29, 0.717) is 5.69 Å². The van der Waals surface area contributed by atoms with Gasteiger partial charge in [-0.3, -0.25) is 20.1 Å². The van der Waals surface area contributed by atoms with Crippen LogP contribution in [0.25, 0.3) is 0 Å². The van der Waals surface area contributed by atoms with E-state index in [9.17, 15) is 9.59 Å². The van der Waals surface area contributed by atoms with Gasteiger partial charge in [-0.2, -0.15) is 0 Å². The van der Waals surface area contributed by atoms with Crippen molar-refractivity contribution in [2.75, 3.05) is 0 Å². The van der Waals surface area contributed by atoms with E-state index in [4.69, 9.17) is 0 Å². The van der Waals surface area contributed by atoms with Crippen LogP contribution >= 0.6 is 0 Å². The molecule has 1 atom stereocenters. The lowest BCUT2D eigenvalue weighted by molar-refractivity contribution is -0.123. The van der Waals surface area contributed by atoms with E-state index in [-0.39, 0.29) is 0 Å². The molecule has 14 heavy (non-hydrogen) atoms. The lowest BCUT2D eigenvalue weighted by Crippen LogP contribution is -2.41. The van der Waals surface area contributed by atoms with Crippen LogP contribution in [0.15, 0.2) is 18.6 Å². The smallest absolute Gasteiger partial charge is 0.318 e. The highest BCUT2D eigenvalue weighted by Crippen LogP contribution is 2.20. The molecule has 1 aliphatic rings. The highest BCUT2D eigenvalue weighted by molar-refractivity contribution is 6.06. The highest BCUT2D eigenvalue weighted by atomic mass is 16.2. The molecule has 0 saturated carbocycles. The Kier molecular flexibility index (Phi) is 1.70. The van der Waals surface area contributed by atoms with Gasteiger partial charge in [0, 0.05) is 12.4 Å². The van der Waals surface area contributed by atoms with Crippen LogP contribution in [0.5, 0.6) is 0 Å². The fraction of sp³-hybridized carbons (Fsp3) is 0.250. The van der Waals surface area contributed by atoms with Gasteiger partial charge in [-0.05, 0) is 6.92 Å². The Morgan fingerprint density at radius 2 is 2.14 bits per heavy atom. The summed E-state index contributed by atoms with van der Waals surface area (Å²) in [6.45, 7) is 1.58. The van der Waals surface area contributed by atoms with E-state index in [1.165, 1.54) is 18.6 Å². The van der Waals surface area contributed by atoms with Crippen LogP contribution in [-0.2, 0) is 10.3 Å². The first kappa shape index (κ1) is 8.61. The summed E-state index contributed by atoms with van der Waals surface area (Å²) in [6, 6.07) is -0.511. The SMILES string of the molecule is CC1(c2cnccn2)NC(=O)NC1=O. The number of nitrogens with one attached hydrogen (secondary N) is 2. The Bertz CT molecular complexity index is 392. The Hall–Kier alpha value is -1.98. The predicted molar refractivity (Wildman–Crippen MR) is 46.1 cm³/mol. The lowest BCUT2D eigenvalue weighted by atomic mass is 9.99. The van der Waals surface area contributed by atoms with Crippen molar-refractivity contribution < 1.29 is 9.59 Å². The van der Waals surface area contributed by atoms with Crippen LogP contribution in [0.1, 0.15) is 12.6 Å². The standard InChI is InChI=1S/C8H8N4O2/c1-8(5-4-9-2-3-10-5)6(13)11-7(14)12-8/h2-4H,1H3,(H2,11,12,13,14). The zero-order valence-corrected chi connectivity index (χ0v) is 7.44. The van der Waals surface area contributed by atoms with E-state index >= 15 is 0 Å². The maximum absolute atomic E-state index is 11.4. The van der Waals surface area contributed by atoms with Gasteiger partial charge in [0.25, 0.3) is 5.91 Å². The molecule has 6 nitrogen and oxygen atoms in total. The van der Waals surface area contributed by atoms with Gasteiger partial charge in [-0.25, -0.2) is 4.79 Å². The minimum atomic E-state index is -1.11. The van der Waals surface area contributed by atoms with Crippen molar-refractivity contribution in [3.63, 3.8) is 0 Å². The predicted octanol–water partition coefficient (Wildman–Crippen LogP) is -0.469. The first-order chi connectivity index (χ1) is 6.63. The van der Waals surface area contributed by atoms with Gasteiger partial charge in [0.2, 0.25) is 0 Å². The quantitative estimate of drug-likeness (QED) is 0.589. The molecule has 0 aliphatic carbocycles. The number of hydrogen-bond acceptors (Lipinski definition) is 4. The number of carbonyl (C=O) groups excluding carboxylic acids is 2. The van der Waals surface area contributed by atoms with Gasteiger partial charge in [0.05, 0.1) is 11.9 Å². The Balaban J connectivity index is 2.43. The third kappa shape index (κ3) is 1.12. The minimum Gasteiger partial charge on any atom is -0.318 e. The van der Waals surface area contributed by atoms with Crippen LogP contribution < -0.4 is 10.6 Å². The fourth-order valence-corrected chi connectivity index (χ4v) is 1.28. The second-order valence-electron chi connectivity index (χ2n) is 3.12. The average Bonchev–Trinajstić information content (AvgIpc) is 2.43. The molecule has 1 aromatic rings. The maximum atomic E-state index is 11.4. The monoisotopic (exact) mass is 192 g/mol. The van der Waals surface area contributed by atoms with E-state index in [1.54, 1.807) is 6.92 Å². The van der Waals surface area contributed by atoms with Crippen molar-refractivity contribution >= 4 is 11.9 Å². The number of hydrogen-bond donors (Lipinski definition) is 2. The lowest BCUT2D eigenvalue weighted by Gasteiger charge is -2.18. The van der Waals surface area contributed by atoms with Crippen molar-refractivity contribution in [2.45, 2.75) is 12.5 Å². The molecule has 1 saturated heterocycles. The van der Waals surface area contributed by atoms with E-state index < -0.39 is 17.5 Å². The molecule has 1 fully saturated rings. The van der Waals surface area contributed by atoms with Crippen molar-refractivity contribution in [3.8, 4) is 0 Å². The molecular weight excluding hydrogens is 184 g/mol. The molecule has 0 aromatic carbocycles. The van der Waals surface area contributed by atoms with E-state index in [0.717, 1.165) is 0 Å². The molecule has 3 amide bonds. The number of nitrogens with zero attached hydrogens (tertiary/aromatic N) is 2. The van der Waals surface area contributed by atoms with Crippen LogP contribution in [0, 0.1) is 0 Å². The molecule has 0 radical (unpaired) electrons. The largest absolute Gasteiger partial charge is 0.322 e. The highest BCUT2D eigenvalue weighted by Gasteiger charge is 2.44. The molecular formula is C8H8N4O2. The first-order valence-electron chi connectivity index (χ1n) is 4.03. The normalized spacial score (nSPS) is 25.8. The molecule has 1 aliphatic heterocycles. The second kappa shape index (κ2) is 2.76. The van der Waals surface area contributed by atoms with Gasteiger partial charge in [-0.1, -0.05) is 0 Å². The van der Waals surface area contributed by atoms with Crippen LogP contribution in [0.3, 0.4) is 0 Å². The zero-order valence-electron chi connectivity index (χ0n) is 7.44. The molecule has 0 bridgehead atoms. The van der Waals surface area contributed by atoms with Gasteiger partial charge in [-0.15, -0.1) is 0 Å². The van der Waals surface area contributed by atoms with Crippen molar-refractivity contribution in [3.05, 3.63) is 24.3 Å². The average molecular weight is 192 g/mol. The molecule has 2 rings (SSSR count). The molecule has 0 spiro atoms. The van der Waals surface area contributed by atoms with E-state index in [1.807, 2.05) is 0 Å². The number of carbonyl (C=O) groups is 2. The van der Waals surface area contributed by atoms with Gasteiger partial charge in [0.1, 0.15) is 0 Å². The number of imide groups is 1. The Morgan fingerprint density at radius 1 is 1.36 bits per heavy atom. The molecule has 6 heteroatoms. The number of urea groups is 1. The molecule has 72 valence electrons. The number of aromatic nitrogens is 2. The summed E-state index contributed by atoms with van der Waals surface area (Å²) >= 11 is 0. The summed E-state index contributed by atoms with van der Waals surface area (Å²) in [7, 11) is 0. The third-order valence-electron chi connectivity index (χ3n) is 2.12. The molecule has 1 aromatic heterocycles. The summed E-state index contributed by atoms with van der Waals surface area (Å²) in [5, 5.41) is 4.64. The van der Waals surface area contributed by atoms with Gasteiger partial charge < -0.3 is 5.32 Å². The third-order valence-corrected chi connectivity index (χ3v) is 2.12. The summed E-state index contributed by atoms with van der Waals surface area (Å²) in [5.41, 5.74) is -0.686. The summed E-state index contributed by atoms with van der Waals surface area (Å²) in [6.07, 6.45) is 4.42. The Labute approximate surface area is 79.7 Å².